The molecule has 0 radical (unpaired) electrons. The molecule has 1 aromatic carbocycles. The zero-order valence-electron chi connectivity index (χ0n) is 8.00. The topological polar surface area (TPSA) is 55.1 Å². The molecule has 0 saturated heterocycles. The van der Waals surface area contributed by atoms with E-state index in [1.54, 1.807) is 13.0 Å². The second-order valence-electron chi connectivity index (χ2n) is 2.69. The van der Waals surface area contributed by atoms with Crippen LogP contribution in [0.1, 0.15) is 12.5 Å². The number of rotatable bonds is 2. The molecule has 1 amide bonds. The zero-order chi connectivity index (χ0) is 10.4. The lowest BCUT2D eigenvalue weighted by molar-refractivity contribution is -0.111. The fourth-order valence-corrected chi connectivity index (χ4v) is 1.09. The number of nitrogens with two attached hydrogens (primary N) is 1. The first-order valence-corrected chi connectivity index (χ1v) is 4.29. The van der Waals surface area contributed by atoms with Gasteiger partial charge in [0.1, 0.15) is 0 Å². The molecule has 0 aliphatic heterocycles. The van der Waals surface area contributed by atoms with E-state index in [1.807, 2.05) is 18.2 Å². The third kappa shape index (κ3) is 2.61. The summed E-state index contributed by atoms with van der Waals surface area (Å²) in [5, 5.41) is 2.67. The van der Waals surface area contributed by atoms with E-state index in [4.69, 9.17) is 5.73 Å². The number of carbonyl (C=O) groups excluding carboxylic acids is 1. The Hall–Kier alpha value is -1.79. The maximum atomic E-state index is 11.2. The minimum atomic E-state index is -0.312. The molecule has 0 bridgehead atoms. The largest absolute Gasteiger partial charge is 0.326 e. The molecular formula is C11H12N2O. The first kappa shape index (κ1) is 10.3. The van der Waals surface area contributed by atoms with Crippen LogP contribution in [-0.4, -0.2) is 5.91 Å². The average molecular weight is 188 g/mol. The predicted molar refractivity (Wildman–Crippen MR) is 56.4 cm³/mol. The van der Waals surface area contributed by atoms with Crippen molar-refractivity contribution in [2.24, 2.45) is 5.73 Å². The van der Waals surface area contributed by atoms with Gasteiger partial charge in [0.2, 0.25) is 0 Å². The van der Waals surface area contributed by atoms with Gasteiger partial charge in [0.15, 0.2) is 0 Å². The highest BCUT2D eigenvalue weighted by molar-refractivity contribution is 6.04. The minimum Gasteiger partial charge on any atom is -0.326 e. The minimum absolute atomic E-state index is 0.312. The predicted octanol–water partition coefficient (Wildman–Crippen LogP) is 1.11. The molecule has 3 nitrogen and oxygen atoms in total. The number of para-hydroxylation sites is 1. The van der Waals surface area contributed by atoms with Gasteiger partial charge >= 0.3 is 0 Å². The summed E-state index contributed by atoms with van der Waals surface area (Å²) >= 11 is 0. The smallest absolute Gasteiger partial charge is 0.300 e. The van der Waals surface area contributed by atoms with Gasteiger partial charge in [0.25, 0.3) is 5.91 Å². The SMILES string of the molecule is CC#CC(=O)Nc1ccccc1CN. The second-order valence-corrected chi connectivity index (χ2v) is 2.69. The van der Waals surface area contributed by atoms with E-state index in [1.165, 1.54) is 0 Å². The van der Waals surface area contributed by atoms with Crippen LogP contribution in [0.3, 0.4) is 0 Å². The van der Waals surface area contributed by atoms with Crippen LogP contribution in [0.5, 0.6) is 0 Å². The Morgan fingerprint density at radius 2 is 2.21 bits per heavy atom. The molecule has 0 fully saturated rings. The van der Waals surface area contributed by atoms with Crippen molar-refractivity contribution in [3.8, 4) is 11.8 Å². The molecule has 0 aliphatic carbocycles. The van der Waals surface area contributed by atoms with E-state index in [9.17, 15) is 4.79 Å². The Kier molecular flexibility index (Phi) is 3.71. The number of anilines is 1. The molecule has 0 atom stereocenters. The van der Waals surface area contributed by atoms with Crippen LogP contribution >= 0.6 is 0 Å². The van der Waals surface area contributed by atoms with E-state index in [2.05, 4.69) is 17.2 Å². The van der Waals surface area contributed by atoms with Gasteiger partial charge in [-0.2, -0.15) is 0 Å². The molecule has 14 heavy (non-hydrogen) atoms. The van der Waals surface area contributed by atoms with Crippen LogP contribution in [0.15, 0.2) is 24.3 Å². The van der Waals surface area contributed by atoms with E-state index < -0.39 is 0 Å². The van der Waals surface area contributed by atoms with Gasteiger partial charge in [-0.3, -0.25) is 4.79 Å². The maximum absolute atomic E-state index is 11.2. The van der Waals surface area contributed by atoms with Gasteiger partial charge in [0, 0.05) is 12.2 Å². The number of benzene rings is 1. The van der Waals surface area contributed by atoms with Gasteiger partial charge in [0.05, 0.1) is 0 Å². The summed E-state index contributed by atoms with van der Waals surface area (Å²) < 4.78 is 0. The summed E-state index contributed by atoms with van der Waals surface area (Å²) in [5.74, 6) is 4.62. The van der Waals surface area contributed by atoms with Gasteiger partial charge in [-0.05, 0) is 24.5 Å². The van der Waals surface area contributed by atoms with Crippen molar-refractivity contribution >= 4 is 11.6 Å². The van der Waals surface area contributed by atoms with Crippen molar-refractivity contribution in [3.05, 3.63) is 29.8 Å². The second kappa shape index (κ2) is 5.05. The Morgan fingerprint density at radius 1 is 1.50 bits per heavy atom. The first-order chi connectivity index (χ1) is 6.77. The van der Waals surface area contributed by atoms with Gasteiger partial charge in [-0.15, -0.1) is 0 Å². The third-order valence-electron chi connectivity index (χ3n) is 1.72. The lowest BCUT2D eigenvalue weighted by Gasteiger charge is -2.06. The molecule has 0 saturated carbocycles. The number of amides is 1. The Bertz CT molecular complexity index is 388. The molecule has 1 rings (SSSR count). The molecule has 0 aromatic heterocycles. The molecule has 0 unspecified atom stereocenters. The van der Waals surface area contributed by atoms with E-state index in [-0.39, 0.29) is 5.91 Å². The van der Waals surface area contributed by atoms with E-state index >= 15 is 0 Å². The lowest BCUT2D eigenvalue weighted by Crippen LogP contribution is -2.11. The molecule has 3 heteroatoms. The Labute approximate surface area is 83.3 Å². The summed E-state index contributed by atoms with van der Waals surface area (Å²) in [5.41, 5.74) is 7.14. The highest BCUT2D eigenvalue weighted by Gasteiger charge is 2.01. The van der Waals surface area contributed by atoms with Crippen molar-refractivity contribution in [1.82, 2.24) is 0 Å². The number of nitrogens with one attached hydrogen (secondary N) is 1. The molecule has 0 aliphatic rings. The molecule has 72 valence electrons. The summed E-state index contributed by atoms with van der Waals surface area (Å²) in [6.07, 6.45) is 0. The number of hydrogen-bond donors (Lipinski definition) is 2. The van der Waals surface area contributed by atoms with E-state index in [0.717, 1.165) is 11.3 Å². The summed E-state index contributed by atoms with van der Waals surface area (Å²) in [6, 6.07) is 7.39. The van der Waals surface area contributed by atoms with Gasteiger partial charge in [-0.1, -0.05) is 24.1 Å². The van der Waals surface area contributed by atoms with Crippen LogP contribution in [0.25, 0.3) is 0 Å². The Morgan fingerprint density at radius 3 is 2.86 bits per heavy atom. The van der Waals surface area contributed by atoms with Crippen molar-refractivity contribution < 1.29 is 4.79 Å². The van der Waals surface area contributed by atoms with Crippen molar-refractivity contribution in [3.63, 3.8) is 0 Å². The highest BCUT2D eigenvalue weighted by atomic mass is 16.1. The molecular weight excluding hydrogens is 176 g/mol. The molecule has 1 aromatic rings. The molecule has 0 heterocycles. The van der Waals surface area contributed by atoms with Crippen LogP contribution < -0.4 is 11.1 Å². The van der Waals surface area contributed by atoms with Crippen LogP contribution in [0.4, 0.5) is 5.69 Å². The fraction of sp³-hybridized carbons (Fsp3) is 0.182. The van der Waals surface area contributed by atoms with E-state index in [0.29, 0.717) is 6.54 Å². The van der Waals surface area contributed by atoms with Gasteiger partial charge in [-0.25, -0.2) is 0 Å². The molecule has 0 spiro atoms. The monoisotopic (exact) mass is 188 g/mol. The first-order valence-electron chi connectivity index (χ1n) is 4.29. The highest BCUT2D eigenvalue weighted by Crippen LogP contribution is 2.13. The summed E-state index contributed by atoms with van der Waals surface area (Å²) in [6.45, 7) is 2.02. The summed E-state index contributed by atoms with van der Waals surface area (Å²) in [7, 11) is 0. The maximum Gasteiger partial charge on any atom is 0.300 e. The van der Waals surface area contributed by atoms with Crippen molar-refractivity contribution in [2.75, 3.05) is 5.32 Å². The lowest BCUT2D eigenvalue weighted by atomic mass is 10.2. The normalized spacial score (nSPS) is 8.71. The van der Waals surface area contributed by atoms with Crippen LogP contribution in [0, 0.1) is 11.8 Å². The average Bonchev–Trinajstić information content (AvgIpc) is 2.19. The van der Waals surface area contributed by atoms with Crippen LogP contribution in [0.2, 0.25) is 0 Å². The third-order valence-corrected chi connectivity index (χ3v) is 1.72. The zero-order valence-corrected chi connectivity index (χ0v) is 8.00. The van der Waals surface area contributed by atoms with Gasteiger partial charge < -0.3 is 11.1 Å². The Balaban J connectivity index is 2.83. The van der Waals surface area contributed by atoms with Crippen molar-refractivity contribution in [1.29, 1.82) is 0 Å². The quantitative estimate of drug-likeness (QED) is 0.683. The van der Waals surface area contributed by atoms with Crippen LogP contribution in [-0.2, 0) is 11.3 Å². The number of carbonyl (C=O) groups is 1. The number of hydrogen-bond acceptors (Lipinski definition) is 2. The fourth-order valence-electron chi connectivity index (χ4n) is 1.09. The van der Waals surface area contributed by atoms with Crippen molar-refractivity contribution in [2.45, 2.75) is 13.5 Å². The summed E-state index contributed by atoms with van der Waals surface area (Å²) in [4.78, 5) is 11.2. The molecule has 3 N–H and O–H groups in total. The standard InChI is InChI=1S/C11H12N2O/c1-2-5-11(14)13-10-7-4-3-6-9(10)8-12/h3-4,6-7H,8,12H2,1H3,(H,13,14).